The molecule has 1 aromatic heterocycles. The van der Waals surface area contributed by atoms with Crippen LogP contribution < -0.4 is 4.90 Å². The topological polar surface area (TPSA) is 62.4 Å². The molecule has 2 aromatic carbocycles. The molecular weight excluding hydrogens is 364 g/mol. The smallest absolute Gasteiger partial charge is 0.356 e. The first-order valence-electron chi connectivity index (χ1n) is 8.80. The van der Waals surface area contributed by atoms with Gasteiger partial charge < -0.3 is 14.6 Å². The number of fused-ring (bicyclic) bond motifs is 1. The third-order valence-corrected chi connectivity index (χ3v) is 4.63. The van der Waals surface area contributed by atoms with Gasteiger partial charge in [-0.15, -0.1) is 0 Å². The number of nitrogens with zero attached hydrogens (tertiary/aromatic N) is 1. The molecule has 5 nitrogen and oxygen atoms in total. The molecular formula is C21H21ClN2O3. The van der Waals surface area contributed by atoms with Crippen LogP contribution in [0.15, 0.2) is 48.5 Å². The molecule has 27 heavy (non-hydrogen) atoms. The molecule has 0 saturated carbocycles. The maximum Gasteiger partial charge on any atom is 0.356 e. The lowest BCUT2D eigenvalue weighted by Gasteiger charge is -2.18. The van der Waals surface area contributed by atoms with E-state index in [0.29, 0.717) is 29.1 Å². The van der Waals surface area contributed by atoms with Crippen LogP contribution in [0.4, 0.5) is 5.69 Å². The molecule has 0 unspecified atom stereocenters. The Hall–Kier alpha value is -2.79. The van der Waals surface area contributed by atoms with Gasteiger partial charge in [-0.2, -0.15) is 0 Å². The Morgan fingerprint density at radius 2 is 1.89 bits per heavy atom. The summed E-state index contributed by atoms with van der Waals surface area (Å²) < 4.78 is 5.15. The minimum absolute atomic E-state index is 0.0831. The molecule has 1 amide bonds. The molecule has 0 saturated heterocycles. The number of carbonyl (C=O) groups is 2. The number of H-pyrrole nitrogens is 1. The molecule has 6 heteroatoms. The summed E-state index contributed by atoms with van der Waals surface area (Å²) in [7, 11) is 1.67. The van der Waals surface area contributed by atoms with E-state index in [0.717, 1.165) is 10.9 Å². The van der Waals surface area contributed by atoms with Gasteiger partial charge in [0.25, 0.3) is 0 Å². The van der Waals surface area contributed by atoms with Crippen molar-refractivity contribution >= 4 is 40.1 Å². The molecule has 0 aliphatic carbocycles. The number of hydrogen-bond acceptors (Lipinski definition) is 3. The molecule has 1 heterocycles. The van der Waals surface area contributed by atoms with Crippen molar-refractivity contribution in [3.05, 3.63) is 64.8 Å². The maximum atomic E-state index is 12.8. The number of aryl methyl sites for hydroxylation is 1. The summed E-state index contributed by atoms with van der Waals surface area (Å²) in [6, 6.07) is 15.1. The molecule has 3 rings (SSSR count). The normalized spacial score (nSPS) is 10.8. The van der Waals surface area contributed by atoms with Crippen molar-refractivity contribution in [3.8, 4) is 0 Å². The van der Waals surface area contributed by atoms with E-state index in [-0.39, 0.29) is 18.2 Å². The van der Waals surface area contributed by atoms with Gasteiger partial charge in [0, 0.05) is 29.4 Å². The summed E-state index contributed by atoms with van der Waals surface area (Å²) in [6.07, 6.45) is 0.968. The minimum atomic E-state index is -0.498. The summed E-state index contributed by atoms with van der Waals surface area (Å²) in [4.78, 5) is 29.8. The molecule has 0 bridgehead atoms. The summed E-state index contributed by atoms with van der Waals surface area (Å²) in [5, 5.41) is 1.29. The van der Waals surface area contributed by atoms with Crippen molar-refractivity contribution in [3.63, 3.8) is 0 Å². The number of amides is 1. The van der Waals surface area contributed by atoms with Gasteiger partial charge in [-0.3, -0.25) is 4.79 Å². The maximum absolute atomic E-state index is 12.8. The summed E-state index contributed by atoms with van der Waals surface area (Å²) in [5.74, 6) is -0.581. The van der Waals surface area contributed by atoms with E-state index in [4.69, 9.17) is 16.3 Å². The highest BCUT2D eigenvalue weighted by Crippen LogP contribution is 2.33. The first kappa shape index (κ1) is 19.0. The fraction of sp³-hybridized carbons (Fsp3) is 0.238. The van der Waals surface area contributed by atoms with Crippen LogP contribution in [0, 0.1) is 0 Å². The van der Waals surface area contributed by atoms with E-state index in [1.54, 1.807) is 32.2 Å². The van der Waals surface area contributed by atoms with Crippen LogP contribution in [-0.4, -0.2) is 30.5 Å². The van der Waals surface area contributed by atoms with Crippen LogP contribution in [0.3, 0.4) is 0 Å². The van der Waals surface area contributed by atoms with Crippen molar-refractivity contribution in [1.82, 2.24) is 4.98 Å². The van der Waals surface area contributed by atoms with E-state index in [9.17, 15) is 9.59 Å². The van der Waals surface area contributed by atoms with Crippen molar-refractivity contribution in [2.24, 2.45) is 0 Å². The van der Waals surface area contributed by atoms with Crippen molar-refractivity contribution < 1.29 is 14.3 Å². The van der Waals surface area contributed by atoms with E-state index in [1.807, 2.05) is 30.3 Å². The number of anilines is 1. The Kier molecular flexibility index (Phi) is 5.81. The minimum Gasteiger partial charge on any atom is -0.461 e. The highest BCUT2D eigenvalue weighted by Gasteiger charge is 2.25. The molecule has 0 fully saturated rings. The number of carbonyl (C=O) groups excluding carboxylic acids is 2. The largest absolute Gasteiger partial charge is 0.461 e. The lowest BCUT2D eigenvalue weighted by Crippen LogP contribution is -2.28. The molecule has 0 radical (unpaired) electrons. The monoisotopic (exact) mass is 384 g/mol. The van der Waals surface area contributed by atoms with Crippen molar-refractivity contribution in [2.45, 2.75) is 19.8 Å². The second kappa shape index (κ2) is 8.27. The van der Waals surface area contributed by atoms with Gasteiger partial charge in [0.1, 0.15) is 5.69 Å². The summed E-state index contributed by atoms with van der Waals surface area (Å²) >= 11 is 6.06. The number of esters is 1. The Morgan fingerprint density at radius 1 is 1.15 bits per heavy atom. The Bertz CT molecular complexity index is 966. The molecule has 0 aliphatic heterocycles. The highest BCUT2D eigenvalue weighted by molar-refractivity contribution is 6.31. The van der Waals surface area contributed by atoms with Crippen LogP contribution in [0.1, 0.15) is 29.4 Å². The fourth-order valence-corrected chi connectivity index (χ4v) is 3.21. The summed E-state index contributed by atoms with van der Waals surface area (Å²) in [6.45, 7) is 1.99. The molecule has 0 spiro atoms. The third-order valence-electron chi connectivity index (χ3n) is 4.39. The Balaban J connectivity index is 1.91. The number of halogens is 1. The number of aromatic amines is 1. The number of rotatable bonds is 6. The number of nitrogens with one attached hydrogen (secondary N) is 1. The fourth-order valence-electron chi connectivity index (χ4n) is 3.04. The second-order valence-electron chi connectivity index (χ2n) is 6.20. The van der Waals surface area contributed by atoms with Crippen molar-refractivity contribution in [1.29, 1.82) is 0 Å². The van der Waals surface area contributed by atoms with Crippen LogP contribution in [0.25, 0.3) is 10.9 Å². The molecule has 0 atom stereocenters. The molecule has 3 aromatic rings. The standard InChI is InChI=1S/C21H21ClN2O3/c1-3-27-21(26)19-20(16-11-10-15(22)13-17(16)23-19)24(2)18(25)12-9-14-7-5-4-6-8-14/h4-8,10-11,13,23H,3,9,12H2,1-2H3. The van der Waals surface area contributed by atoms with Gasteiger partial charge in [0.15, 0.2) is 0 Å². The van der Waals surface area contributed by atoms with E-state index >= 15 is 0 Å². The SMILES string of the molecule is CCOC(=O)c1[nH]c2cc(Cl)ccc2c1N(C)C(=O)CCc1ccccc1. The average molecular weight is 385 g/mol. The number of hydrogen-bond donors (Lipinski definition) is 1. The van der Waals surface area contributed by atoms with Crippen LogP contribution in [-0.2, 0) is 16.0 Å². The highest BCUT2D eigenvalue weighted by atomic mass is 35.5. The first-order valence-corrected chi connectivity index (χ1v) is 9.18. The molecule has 1 N–H and O–H groups in total. The van der Waals surface area contributed by atoms with Crippen LogP contribution >= 0.6 is 11.6 Å². The number of benzene rings is 2. The summed E-state index contributed by atoms with van der Waals surface area (Å²) in [5.41, 5.74) is 2.54. The van der Waals surface area contributed by atoms with Gasteiger partial charge in [-0.1, -0.05) is 41.9 Å². The lowest BCUT2D eigenvalue weighted by molar-refractivity contribution is -0.118. The second-order valence-corrected chi connectivity index (χ2v) is 6.63. The van der Waals surface area contributed by atoms with E-state index < -0.39 is 5.97 Å². The Morgan fingerprint density at radius 3 is 2.59 bits per heavy atom. The Labute approximate surface area is 162 Å². The van der Waals surface area contributed by atoms with Gasteiger partial charge >= 0.3 is 5.97 Å². The number of ether oxygens (including phenoxy) is 1. The number of aromatic nitrogens is 1. The van der Waals surface area contributed by atoms with E-state index in [2.05, 4.69) is 4.98 Å². The van der Waals surface area contributed by atoms with Gasteiger partial charge in [0.2, 0.25) is 5.91 Å². The van der Waals surface area contributed by atoms with Gasteiger partial charge in [-0.25, -0.2) is 4.79 Å². The van der Waals surface area contributed by atoms with Crippen LogP contribution in [0.2, 0.25) is 5.02 Å². The van der Waals surface area contributed by atoms with Gasteiger partial charge in [0.05, 0.1) is 12.3 Å². The zero-order valence-corrected chi connectivity index (χ0v) is 16.0. The predicted octanol–water partition coefficient (Wildman–Crippen LogP) is 4.59. The lowest BCUT2D eigenvalue weighted by atomic mass is 10.1. The zero-order valence-electron chi connectivity index (χ0n) is 15.3. The predicted molar refractivity (Wildman–Crippen MR) is 107 cm³/mol. The molecule has 140 valence electrons. The third kappa shape index (κ3) is 4.14. The van der Waals surface area contributed by atoms with Crippen LogP contribution in [0.5, 0.6) is 0 Å². The first-order chi connectivity index (χ1) is 13.0. The molecule has 0 aliphatic rings. The van der Waals surface area contributed by atoms with Crippen molar-refractivity contribution in [2.75, 3.05) is 18.6 Å². The zero-order chi connectivity index (χ0) is 19.4. The van der Waals surface area contributed by atoms with Gasteiger partial charge in [-0.05, 0) is 37.1 Å². The van der Waals surface area contributed by atoms with E-state index in [1.165, 1.54) is 4.90 Å². The average Bonchev–Trinajstić information content (AvgIpc) is 3.05. The quantitative estimate of drug-likeness (QED) is 0.632.